The van der Waals surface area contributed by atoms with Gasteiger partial charge in [0.2, 0.25) is 10.0 Å². The molecule has 1 aliphatic rings. The fraction of sp³-hybridized carbons (Fsp3) is 0.545. The molecule has 1 aromatic heterocycles. The molecule has 1 aliphatic heterocycles. The summed E-state index contributed by atoms with van der Waals surface area (Å²) in [5.41, 5.74) is 1.67. The number of hydrogen-bond donors (Lipinski definition) is 2. The van der Waals surface area contributed by atoms with E-state index in [1.165, 1.54) is 9.21 Å². The Balaban J connectivity index is 2.10. The summed E-state index contributed by atoms with van der Waals surface area (Å²) in [5, 5.41) is 0. The summed E-state index contributed by atoms with van der Waals surface area (Å²) in [6, 6.07) is 4.82. The molecule has 2 aromatic rings. The SMILES string of the molecule is CCCOc1ccc(S(=O)(=O)N2CC[NH+](C)CC2)cc1-c1nc(CC)c(CC)c(=O)[nH]1. The van der Waals surface area contributed by atoms with Gasteiger partial charge in [-0.1, -0.05) is 20.8 Å². The lowest BCUT2D eigenvalue weighted by Crippen LogP contribution is -3.12. The van der Waals surface area contributed by atoms with E-state index in [1.807, 2.05) is 20.8 Å². The van der Waals surface area contributed by atoms with E-state index in [4.69, 9.17) is 4.74 Å². The topological polar surface area (TPSA) is 96.8 Å². The van der Waals surface area contributed by atoms with Gasteiger partial charge in [0.25, 0.3) is 5.56 Å². The molecule has 0 saturated carbocycles. The van der Waals surface area contributed by atoms with Gasteiger partial charge < -0.3 is 14.6 Å². The lowest BCUT2D eigenvalue weighted by molar-refractivity contribution is -0.883. The van der Waals surface area contributed by atoms with Gasteiger partial charge in [0.15, 0.2) is 0 Å². The van der Waals surface area contributed by atoms with Gasteiger partial charge in [-0.3, -0.25) is 4.79 Å². The highest BCUT2D eigenvalue weighted by Gasteiger charge is 2.30. The van der Waals surface area contributed by atoms with E-state index in [-0.39, 0.29) is 10.5 Å². The molecule has 0 aliphatic carbocycles. The van der Waals surface area contributed by atoms with Crippen molar-refractivity contribution in [3.05, 3.63) is 39.8 Å². The van der Waals surface area contributed by atoms with Crippen LogP contribution in [0.5, 0.6) is 5.75 Å². The standard InChI is InChI=1S/C22H32N4O4S/c1-5-14-30-20-9-8-16(31(28,29)26-12-10-25(4)11-13-26)15-18(20)21-23-19(7-3)17(6-2)22(27)24-21/h8-9,15H,5-7,10-14H2,1-4H3,(H,23,24,27)/p+1. The second-order valence-electron chi connectivity index (χ2n) is 7.91. The molecule has 1 aromatic carbocycles. The maximum Gasteiger partial charge on any atom is 0.254 e. The molecule has 8 nitrogen and oxygen atoms in total. The number of aromatic amines is 1. The first-order valence-electron chi connectivity index (χ1n) is 11.0. The molecule has 0 atom stereocenters. The Bertz CT molecular complexity index is 1070. The van der Waals surface area contributed by atoms with Crippen LogP contribution < -0.4 is 15.2 Å². The summed E-state index contributed by atoms with van der Waals surface area (Å²) >= 11 is 0. The molecule has 170 valence electrons. The summed E-state index contributed by atoms with van der Waals surface area (Å²) in [6.07, 6.45) is 2.01. The van der Waals surface area contributed by atoms with Gasteiger partial charge in [-0.2, -0.15) is 4.31 Å². The zero-order chi connectivity index (χ0) is 22.6. The lowest BCUT2D eigenvalue weighted by Gasteiger charge is -2.29. The minimum Gasteiger partial charge on any atom is -0.493 e. The van der Waals surface area contributed by atoms with E-state index in [0.717, 1.165) is 25.2 Å². The minimum absolute atomic E-state index is 0.186. The number of piperazine rings is 1. The first-order valence-corrected chi connectivity index (χ1v) is 12.5. The van der Waals surface area contributed by atoms with Crippen LogP contribution in [0.1, 0.15) is 38.4 Å². The largest absolute Gasteiger partial charge is 0.493 e. The Morgan fingerprint density at radius 1 is 1.16 bits per heavy atom. The molecular weight excluding hydrogens is 416 g/mol. The number of nitrogens with one attached hydrogen (secondary N) is 2. The number of H-pyrrole nitrogens is 1. The van der Waals surface area contributed by atoms with Crippen LogP contribution in [-0.4, -0.2) is 62.5 Å². The second kappa shape index (κ2) is 9.93. The summed E-state index contributed by atoms with van der Waals surface area (Å²) in [6.45, 7) is 8.88. The predicted molar refractivity (Wildman–Crippen MR) is 120 cm³/mol. The molecule has 3 rings (SSSR count). The molecule has 9 heteroatoms. The quantitative estimate of drug-likeness (QED) is 0.623. The molecule has 2 N–H and O–H groups in total. The molecule has 0 bridgehead atoms. The molecule has 0 radical (unpaired) electrons. The van der Waals surface area contributed by atoms with Gasteiger partial charge in [0.05, 0.1) is 56.0 Å². The fourth-order valence-corrected chi connectivity index (χ4v) is 5.25. The van der Waals surface area contributed by atoms with E-state index >= 15 is 0 Å². The van der Waals surface area contributed by atoms with Crippen molar-refractivity contribution in [3.63, 3.8) is 0 Å². The summed E-state index contributed by atoms with van der Waals surface area (Å²) in [5.74, 6) is 0.850. The van der Waals surface area contributed by atoms with Crippen LogP contribution in [0.2, 0.25) is 0 Å². The van der Waals surface area contributed by atoms with Crippen LogP contribution in [0.3, 0.4) is 0 Å². The van der Waals surface area contributed by atoms with Crippen molar-refractivity contribution in [3.8, 4) is 17.1 Å². The molecule has 1 fully saturated rings. The number of likely N-dealkylation sites (N-methyl/N-ethyl adjacent to an activating group) is 1. The Morgan fingerprint density at radius 3 is 2.48 bits per heavy atom. The Labute approximate surface area is 184 Å². The molecular formula is C22H33N4O4S+. The van der Waals surface area contributed by atoms with E-state index < -0.39 is 10.0 Å². The van der Waals surface area contributed by atoms with Gasteiger partial charge in [0.1, 0.15) is 11.6 Å². The normalized spacial score (nSPS) is 15.9. The van der Waals surface area contributed by atoms with Gasteiger partial charge in [-0.15, -0.1) is 0 Å². The van der Waals surface area contributed by atoms with Crippen molar-refractivity contribution < 1.29 is 18.1 Å². The first-order chi connectivity index (χ1) is 14.8. The van der Waals surface area contributed by atoms with Crippen molar-refractivity contribution in [2.75, 3.05) is 39.8 Å². The molecule has 31 heavy (non-hydrogen) atoms. The van der Waals surface area contributed by atoms with Crippen molar-refractivity contribution in [2.24, 2.45) is 0 Å². The number of benzene rings is 1. The van der Waals surface area contributed by atoms with Crippen LogP contribution in [-0.2, 0) is 22.9 Å². The Morgan fingerprint density at radius 2 is 1.87 bits per heavy atom. The van der Waals surface area contributed by atoms with Gasteiger partial charge in [-0.25, -0.2) is 13.4 Å². The van der Waals surface area contributed by atoms with Crippen LogP contribution in [0.15, 0.2) is 27.9 Å². The third kappa shape index (κ3) is 4.99. The first kappa shape index (κ1) is 23.4. The van der Waals surface area contributed by atoms with Crippen LogP contribution in [0, 0.1) is 0 Å². The van der Waals surface area contributed by atoms with E-state index in [2.05, 4.69) is 17.0 Å². The Hall–Kier alpha value is -2.23. The Kier molecular flexibility index (Phi) is 7.51. The maximum atomic E-state index is 13.3. The number of hydrogen-bond acceptors (Lipinski definition) is 5. The highest BCUT2D eigenvalue weighted by molar-refractivity contribution is 7.89. The smallest absolute Gasteiger partial charge is 0.254 e. The van der Waals surface area contributed by atoms with Crippen LogP contribution in [0.25, 0.3) is 11.4 Å². The third-order valence-corrected chi connectivity index (χ3v) is 7.57. The monoisotopic (exact) mass is 449 g/mol. The van der Waals surface area contributed by atoms with Crippen LogP contribution >= 0.6 is 0 Å². The van der Waals surface area contributed by atoms with Crippen molar-refractivity contribution in [1.82, 2.24) is 14.3 Å². The second-order valence-corrected chi connectivity index (χ2v) is 9.85. The number of sulfonamides is 1. The number of quaternary nitrogens is 1. The lowest BCUT2D eigenvalue weighted by atomic mass is 10.1. The molecule has 0 unspecified atom stereocenters. The van der Waals surface area contributed by atoms with Gasteiger partial charge >= 0.3 is 0 Å². The summed E-state index contributed by atoms with van der Waals surface area (Å²) in [4.78, 5) is 21.7. The molecule has 0 amide bonds. The third-order valence-electron chi connectivity index (χ3n) is 5.67. The van der Waals surface area contributed by atoms with Crippen molar-refractivity contribution >= 4 is 10.0 Å². The van der Waals surface area contributed by atoms with E-state index in [1.54, 1.807) is 18.2 Å². The predicted octanol–water partition coefficient (Wildman–Crippen LogP) is 0.870. The zero-order valence-electron chi connectivity index (χ0n) is 18.8. The van der Waals surface area contributed by atoms with Crippen molar-refractivity contribution in [1.29, 1.82) is 0 Å². The van der Waals surface area contributed by atoms with E-state index in [0.29, 0.717) is 55.2 Å². The molecule has 1 saturated heterocycles. The number of aryl methyl sites for hydroxylation is 1. The average molecular weight is 450 g/mol. The number of ether oxygens (including phenoxy) is 1. The molecule has 2 heterocycles. The maximum absolute atomic E-state index is 13.3. The fourth-order valence-electron chi connectivity index (χ4n) is 3.78. The van der Waals surface area contributed by atoms with Gasteiger partial charge in [-0.05, 0) is 37.5 Å². The summed E-state index contributed by atoms with van der Waals surface area (Å²) in [7, 11) is -1.58. The van der Waals surface area contributed by atoms with Crippen LogP contribution in [0.4, 0.5) is 0 Å². The minimum atomic E-state index is -3.65. The summed E-state index contributed by atoms with van der Waals surface area (Å²) < 4.78 is 33.9. The highest BCUT2D eigenvalue weighted by atomic mass is 32.2. The highest BCUT2D eigenvalue weighted by Crippen LogP contribution is 2.31. The number of rotatable bonds is 8. The molecule has 0 spiro atoms. The average Bonchev–Trinajstić information content (AvgIpc) is 2.77. The van der Waals surface area contributed by atoms with Gasteiger partial charge in [0, 0.05) is 5.56 Å². The zero-order valence-corrected chi connectivity index (χ0v) is 19.6. The number of nitrogens with zero attached hydrogens (tertiary/aromatic N) is 2. The number of aromatic nitrogens is 2. The van der Waals surface area contributed by atoms with Crippen molar-refractivity contribution in [2.45, 2.75) is 44.9 Å². The van der Waals surface area contributed by atoms with E-state index in [9.17, 15) is 13.2 Å².